The zero-order valence-electron chi connectivity index (χ0n) is 10.1. The molecule has 0 aliphatic heterocycles. The number of pyridine rings is 1. The first-order valence-electron chi connectivity index (χ1n) is 5.49. The molecule has 0 amide bonds. The number of tetrazole rings is 1. The van der Waals surface area contributed by atoms with Gasteiger partial charge in [-0.1, -0.05) is 5.21 Å². The molecule has 19 heavy (non-hydrogen) atoms. The summed E-state index contributed by atoms with van der Waals surface area (Å²) in [6.07, 6.45) is 4.87. The number of rotatable bonds is 4. The minimum absolute atomic E-state index is 0.347. The van der Waals surface area contributed by atoms with Crippen molar-refractivity contribution in [3.05, 3.63) is 36.5 Å². The van der Waals surface area contributed by atoms with Gasteiger partial charge in [0.15, 0.2) is 5.82 Å². The van der Waals surface area contributed by atoms with Crippen molar-refractivity contribution >= 4 is 0 Å². The van der Waals surface area contributed by atoms with Crippen LogP contribution in [0.4, 0.5) is 0 Å². The normalized spacial score (nSPS) is 10.6. The lowest BCUT2D eigenvalue weighted by Crippen LogP contribution is -2.00. The fourth-order valence-electron chi connectivity index (χ4n) is 1.48. The summed E-state index contributed by atoms with van der Waals surface area (Å²) in [6.45, 7) is 0.347. The van der Waals surface area contributed by atoms with Crippen molar-refractivity contribution < 1.29 is 4.74 Å². The summed E-state index contributed by atoms with van der Waals surface area (Å²) < 4.78 is 8.63. The van der Waals surface area contributed by atoms with Crippen molar-refractivity contribution in [3.63, 3.8) is 0 Å². The van der Waals surface area contributed by atoms with Gasteiger partial charge >= 0.3 is 0 Å². The van der Waals surface area contributed by atoms with Crippen molar-refractivity contribution in [2.45, 2.75) is 6.61 Å². The molecule has 3 aromatic rings. The lowest BCUT2D eigenvalue weighted by Gasteiger charge is -2.04. The molecule has 0 fully saturated rings. The third-order valence-corrected chi connectivity index (χ3v) is 2.34. The number of hydrogen-bond donors (Lipinski definition) is 0. The molecule has 3 aromatic heterocycles. The van der Waals surface area contributed by atoms with Crippen molar-refractivity contribution in [2.75, 3.05) is 0 Å². The molecule has 0 spiro atoms. The number of aryl methyl sites for hydroxylation is 1. The highest BCUT2D eigenvalue weighted by Gasteiger charge is 2.02. The fraction of sp³-hybridized carbons (Fsp3) is 0.200. The summed E-state index contributed by atoms with van der Waals surface area (Å²) in [5.41, 5.74) is 0.757. The summed E-state index contributed by atoms with van der Waals surface area (Å²) >= 11 is 0. The van der Waals surface area contributed by atoms with Crippen molar-refractivity contribution in [2.24, 2.45) is 7.05 Å². The molecule has 3 rings (SSSR count). The second-order valence-electron chi connectivity index (χ2n) is 3.78. The average Bonchev–Trinajstić information content (AvgIpc) is 3.08. The highest BCUT2D eigenvalue weighted by atomic mass is 16.5. The molecule has 9 nitrogen and oxygen atoms in total. The molecule has 3 heterocycles. The van der Waals surface area contributed by atoms with Crippen LogP contribution in [0.15, 0.2) is 30.9 Å². The maximum atomic E-state index is 5.54. The molecule has 96 valence electrons. The van der Waals surface area contributed by atoms with E-state index in [-0.39, 0.29) is 0 Å². The van der Waals surface area contributed by atoms with Crippen LogP contribution in [-0.2, 0) is 13.7 Å². The third kappa shape index (κ3) is 2.54. The van der Waals surface area contributed by atoms with E-state index < -0.39 is 0 Å². The van der Waals surface area contributed by atoms with E-state index in [0.717, 1.165) is 5.69 Å². The van der Waals surface area contributed by atoms with Crippen LogP contribution < -0.4 is 4.74 Å². The predicted octanol–water partition coefficient (Wildman–Crippen LogP) is -0.235. The van der Waals surface area contributed by atoms with Crippen LogP contribution in [0.25, 0.3) is 5.82 Å². The van der Waals surface area contributed by atoms with Crippen LogP contribution >= 0.6 is 0 Å². The Labute approximate surface area is 107 Å². The minimum Gasteiger partial charge on any atom is -0.486 e. The Morgan fingerprint density at radius 2 is 2.21 bits per heavy atom. The molecule has 0 N–H and O–H groups in total. The molecule has 0 atom stereocenters. The van der Waals surface area contributed by atoms with Gasteiger partial charge in [-0.05, 0) is 22.6 Å². The molecule has 9 heteroatoms. The highest BCUT2D eigenvalue weighted by Crippen LogP contribution is 2.12. The maximum Gasteiger partial charge on any atom is 0.157 e. The molecule has 0 saturated carbocycles. The van der Waals surface area contributed by atoms with E-state index in [1.807, 2.05) is 0 Å². The van der Waals surface area contributed by atoms with Crippen molar-refractivity contribution in [3.8, 4) is 11.6 Å². The lowest BCUT2D eigenvalue weighted by molar-refractivity contribution is 0.300. The van der Waals surface area contributed by atoms with Crippen LogP contribution in [0.2, 0.25) is 0 Å². The molecule has 0 aromatic carbocycles. The summed E-state index contributed by atoms with van der Waals surface area (Å²) in [4.78, 5) is 4.19. The van der Waals surface area contributed by atoms with E-state index in [0.29, 0.717) is 18.2 Å². The standard InChI is InChI=1S/C10H10N8O/c1-17-5-8(13-15-17)6-19-9-2-3-10(11-4-9)18-7-12-14-16-18/h2-5,7H,6H2,1H3. The quantitative estimate of drug-likeness (QED) is 0.637. The Morgan fingerprint density at radius 1 is 1.26 bits per heavy atom. The number of nitrogens with zero attached hydrogens (tertiary/aromatic N) is 8. The molecule has 0 unspecified atom stereocenters. The summed E-state index contributed by atoms with van der Waals surface area (Å²) in [7, 11) is 1.80. The summed E-state index contributed by atoms with van der Waals surface area (Å²) in [5.74, 6) is 1.26. The monoisotopic (exact) mass is 258 g/mol. The number of hydrogen-bond acceptors (Lipinski definition) is 7. The third-order valence-electron chi connectivity index (χ3n) is 2.34. The van der Waals surface area contributed by atoms with Gasteiger partial charge in [0.25, 0.3) is 0 Å². The van der Waals surface area contributed by atoms with Gasteiger partial charge in [-0.15, -0.1) is 10.2 Å². The van der Waals surface area contributed by atoms with E-state index in [1.54, 1.807) is 36.3 Å². The zero-order chi connectivity index (χ0) is 13.1. The first-order chi connectivity index (χ1) is 9.31. The van der Waals surface area contributed by atoms with Gasteiger partial charge in [0, 0.05) is 7.05 Å². The molecule has 0 aliphatic carbocycles. The van der Waals surface area contributed by atoms with Gasteiger partial charge in [0.2, 0.25) is 0 Å². The smallest absolute Gasteiger partial charge is 0.157 e. The van der Waals surface area contributed by atoms with Gasteiger partial charge in [0.1, 0.15) is 24.4 Å². The van der Waals surface area contributed by atoms with Crippen LogP contribution in [0, 0.1) is 0 Å². The number of ether oxygens (including phenoxy) is 1. The topological polar surface area (TPSA) is 96.4 Å². The average molecular weight is 258 g/mol. The predicted molar refractivity (Wildman–Crippen MR) is 62.3 cm³/mol. The van der Waals surface area contributed by atoms with E-state index in [9.17, 15) is 0 Å². The van der Waals surface area contributed by atoms with Gasteiger partial charge < -0.3 is 4.74 Å². The van der Waals surface area contributed by atoms with Crippen LogP contribution in [0.1, 0.15) is 5.69 Å². The SMILES string of the molecule is Cn1cc(COc2ccc(-n3cnnn3)nc2)nn1. The Kier molecular flexibility index (Phi) is 2.85. The van der Waals surface area contributed by atoms with Gasteiger partial charge in [0.05, 0.1) is 12.4 Å². The Hall–Kier alpha value is -2.84. The maximum absolute atomic E-state index is 5.54. The first-order valence-corrected chi connectivity index (χ1v) is 5.49. The van der Waals surface area contributed by atoms with Crippen LogP contribution in [0.3, 0.4) is 0 Å². The second-order valence-corrected chi connectivity index (χ2v) is 3.78. The molecule has 0 radical (unpaired) electrons. The molecule has 0 aliphatic rings. The van der Waals surface area contributed by atoms with Gasteiger partial charge in [-0.2, -0.15) is 4.68 Å². The van der Waals surface area contributed by atoms with E-state index in [4.69, 9.17) is 4.74 Å². The van der Waals surface area contributed by atoms with Crippen LogP contribution in [-0.4, -0.2) is 40.2 Å². The Balaban J connectivity index is 1.66. The second kappa shape index (κ2) is 4.80. The first kappa shape index (κ1) is 11.3. The highest BCUT2D eigenvalue weighted by molar-refractivity contribution is 5.27. The van der Waals surface area contributed by atoms with Crippen molar-refractivity contribution in [1.82, 2.24) is 40.2 Å². The largest absolute Gasteiger partial charge is 0.486 e. The van der Waals surface area contributed by atoms with E-state index >= 15 is 0 Å². The summed E-state index contributed by atoms with van der Waals surface area (Å²) in [5, 5.41) is 18.6. The van der Waals surface area contributed by atoms with E-state index in [1.165, 1.54) is 11.0 Å². The number of aromatic nitrogens is 8. The van der Waals surface area contributed by atoms with E-state index in [2.05, 4.69) is 30.8 Å². The Bertz CT molecular complexity index is 644. The Morgan fingerprint density at radius 3 is 2.84 bits per heavy atom. The van der Waals surface area contributed by atoms with Crippen LogP contribution in [0.5, 0.6) is 5.75 Å². The molecule has 0 saturated heterocycles. The summed E-state index contributed by atoms with van der Waals surface area (Å²) in [6, 6.07) is 3.56. The minimum atomic E-state index is 0.347. The molecule has 0 bridgehead atoms. The van der Waals surface area contributed by atoms with Gasteiger partial charge in [-0.3, -0.25) is 4.68 Å². The molecular weight excluding hydrogens is 248 g/mol. The molecular formula is C10H10N8O. The lowest BCUT2D eigenvalue weighted by atomic mass is 10.4. The van der Waals surface area contributed by atoms with Crippen molar-refractivity contribution in [1.29, 1.82) is 0 Å². The van der Waals surface area contributed by atoms with Gasteiger partial charge in [-0.25, -0.2) is 4.98 Å². The zero-order valence-corrected chi connectivity index (χ0v) is 10.1. The fourth-order valence-corrected chi connectivity index (χ4v) is 1.48.